The molecule has 0 spiro atoms. The molecule has 0 aromatic heterocycles. The first-order valence-electron chi connectivity index (χ1n) is 6.52. The fraction of sp³-hybridized carbons (Fsp3) is 0.429. The number of anilines is 1. The van der Waals surface area contributed by atoms with E-state index in [1.54, 1.807) is 6.92 Å². The van der Waals surface area contributed by atoms with E-state index in [4.69, 9.17) is 0 Å². The molecule has 21 heavy (non-hydrogen) atoms. The van der Waals surface area contributed by atoms with E-state index in [2.05, 4.69) is 10.6 Å². The molecule has 5 nitrogen and oxygen atoms in total. The first-order valence-corrected chi connectivity index (χ1v) is 6.52. The number of carbonyl (C=O) groups is 2. The van der Waals surface area contributed by atoms with Crippen LogP contribution in [0.25, 0.3) is 0 Å². The number of aliphatic hydroxyl groups is 1. The van der Waals surface area contributed by atoms with Crippen LogP contribution < -0.4 is 10.6 Å². The molecule has 0 bridgehead atoms. The topological polar surface area (TPSA) is 78.4 Å². The lowest BCUT2D eigenvalue weighted by atomic mass is 10.0. The SMILES string of the molecule is CC(O)CC(C)CNC(=O)C(=O)Nc1ccc(F)c(F)c1. The Morgan fingerprint density at radius 2 is 1.86 bits per heavy atom. The molecule has 7 heteroatoms. The van der Waals surface area contributed by atoms with Crippen molar-refractivity contribution in [3.63, 3.8) is 0 Å². The van der Waals surface area contributed by atoms with Crippen LogP contribution in [-0.2, 0) is 9.59 Å². The number of hydrogen-bond acceptors (Lipinski definition) is 3. The van der Waals surface area contributed by atoms with Gasteiger partial charge in [0.15, 0.2) is 11.6 Å². The van der Waals surface area contributed by atoms with E-state index in [1.165, 1.54) is 0 Å². The van der Waals surface area contributed by atoms with Gasteiger partial charge >= 0.3 is 11.8 Å². The smallest absolute Gasteiger partial charge is 0.313 e. The Morgan fingerprint density at radius 1 is 1.19 bits per heavy atom. The molecule has 0 saturated heterocycles. The maximum absolute atomic E-state index is 13.0. The summed E-state index contributed by atoms with van der Waals surface area (Å²) in [7, 11) is 0. The highest BCUT2D eigenvalue weighted by atomic mass is 19.2. The predicted octanol–water partition coefficient (Wildman–Crippen LogP) is 1.43. The number of nitrogens with one attached hydrogen (secondary N) is 2. The molecule has 2 amide bonds. The molecule has 3 N–H and O–H groups in total. The highest BCUT2D eigenvalue weighted by molar-refractivity contribution is 6.39. The third kappa shape index (κ3) is 5.86. The van der Waals surface area contributed by atoms with Crippen LogP contribution >= 0.6 is 0 Å². The molecule has 116 valence electrons. The number of hydrogen-bond donors (Lipinski definition) is 3. The van der Waals surface area contributed by atoms with Gasteiger partial charge in [0.25, 0.3) is 0 Å². The van der Waals surface area contributed by atoms with Crippen molar-refractivity contribution < 1.29 is 23.5 Å². The minimum Gasteiger partial charge on any atom is -0.393 e. The van der Waals surface area contributed by atoms with Crippen LogP contribution in [0.5, 0.6) is 0 Å². The van der Waals surface area contributed by atoms with Gasteiger partial charge in [-0.05, 0) is 31.4 Å². The van der Waals surface area contributed by atoms with E-state index in [1.807, 2.05) is 6.92 Å². The van der Waals surface area contributed by atoms with Crippen LogP contribution in [0, 0.1) is 17.6 Å². The molecular formula is C14H18F2N2O3. The molecule has 0 radical (unpaired) electrons. The van der Waals surface area contributed by atoms with Crippen molar-refractivity contribution in [1.29, 1.82) is 0 Å². The zero-order chi connectivity index (χ0) is 16.0. The monoisotopic (exact) mass is 300 g/mol. The Hall–Kier alpha value is -2.02. The van der Waals surface area contributed by atoms with Gasteiger partial charge in [-0.15, -0.1) is 0 Å². The maximum atomic E-state index is 13.0. The van der Waals surface area contributed by atoms with Crippen LogP contribution in [0.15, 0.2) is 18.2 Å². The lowest BCUT2D eigenvalue weighted by Gasteiger charge is -2.14. The normalized spacial score (nSPS) is 13.4. The van der Waals surface area contributed by atoms with Crippen molar-refractivity contribution in [2.45, 2.75) is 26.4 Å². The molecule has 0 fully saturated rings. The largest absolute Gasteiger partial charge is 0.393 e. The number of carbonyl (C=O) groups excluding carboxylic acids is 2. The van der Waals surface area contributed by atoms with Crippen molar-refractivity contribution in [2.75, 3.05) is 11.9 Å². The fourth-order valence-electron chi connectivity index (χ4n) is 1.77. The Morgan fingerprint density at radius 3 is 2.43 bits per heavy atom. The summed E-state index contributed by atoms with van der Waals surface area (Å²) in [5.41, 5.74) is -0.00826. The van der Waals surface area contributed by atoms with E-state index in [-0.39, 0.29) is 18.2 Å². The second-order valence-corrected chi connectivity index (χ2v) is 4.98. The second kappa shape index (κ2) is 7.68. The summed E-state index contributed by atoms with van der Waals surface area (Å²) in [6.07, 6.45) is -0.00152. The third-order valence-electron chi connectivity index (χ3n) is 2.74. The summed E-state index contributed by atoms with van der Waals surface area (Å²) in [6.45, 7) is 3.68. The van der Waals surface area contributed by atoms with E-state index < -0.39 is 29.6 Å². The van der Waals surface area contributed by atoms with E-state index >= 15 is 0 Å². The Kier molecular flexibility index (Phi) is 6.23. The summed E-state index contributed by atoms with van der Waals surface area (Å²) in [5, 5.41) is 13.8. The van der Waals surface area contributed by atoms with Gasteiger partial charge in [-0.2, -0.15) is 0 Å². The summed E-state index contributed by atoms with van der Waals surface area (Å²) in [5.74, 6) is -3.99. The highest BCUT2D eigenvalue weighted by Gasteiger charge is 2.16. The Labute approximate surface area is 121 Å². The molecule has 0 heterocycles. The molecule has 2 unspecified atom stereocenters. The molecule has 0 saturated carbocycles. The van der Waals surface area contributed by atoms with Gasteiger partial charge in [0.2, 0.25) is 0 Å². The molecule has 0 aliphatic rings. The van der Waals surface area contributed by atoms with Crippen molar-refractivity contribution in [2.24, 2.45) is 5.92 Å². The lowest BCUT2D eigenvalue weighted by molar-refractivity contribution is -0.136. The highest BCUT2D eigenvalue weighted by Crippen LogP contribution is 2.12. The van der Waals surface area contributed by atoms with Crippen LogP contribution in [0.2, 0.25) is 0 Å². The van der Waals surface area contributed by atoms with Crippen molar-refractivity contribution in [1.82, 2.24) is 5.32 Å². The molecule has 0 aliphatic heterocycles. The van der Waals surface area contributed by atoms with Crippen LogP contribution in [0.1, 0.15) is 20.3 Å². The molecule has 2 atom stereocenters. The summed E-state index contributed by atoms with van der Waals surface area (Å²) >= 11 is 0. The average molecular weight is 300 g/mol. The van der Waals surface area contributed by atoms with Crippen LogP contribution in [0.3, 0.4) is 0 Å². The number of halogens is 2. The van der Waals surface area contributed by atoms with Gasteiger partial charge in [0, 0.05) is 18.3 Å². The summed E-state index contributed by atoms with van der Waals surface area (Å²) in [6, 6.07) is 2.80. The Balaban J connectivity index is 2.47. The number of benzene rings is 1. The molecule has 0 aliphatic carbocycles. The standard InChI is InChI=1S/C14H18F2N2O3/c1-8(5-9(2)19)7-17-13(20)14(21)18-10-3-4-11(15)12(16)6-10/h3-4,6,8-9,19H,5,7H2,1-2H3,(H,17,20)(H,18,21). The van der Waals surface area contributed by atoms with Crippen LogP contribution in [-0.4, -0.2) is 29.6 Å². The minimum atomic E-state index is -1.11. The minimum absolute atomic E-state index is 0.00464. The first-order chi connectivity index (χ1) is 9.79. The average Bonchev–Trinajstić information content (AvgIpc) is 2.39. The van der Waals surface area contributed by atoms with Crippen molar-refractivity contribution >= 4 is 17.5 Å². The van der Waals surface area contributed by atoms with E-state index in [0.717, 1.165) is 18.2 Å². The summed E-state index contributed by atoms with van der Waals surface area (Å²) < 4.78 is 25.7. The number of amides is 2. The van der Waals surface area contributed by atoms with Gasteiger partial charge in [-0.1, -0.05) is 6.92 Å². The second-order valence-electron chi connectivity index (χ2n) is 4.98. The van der Waals surface area contributed by atoms with Crippen molar-refractivity contribution in [3.05, 3.63) is 29.8 Å². The van der Waals surface area contributed by atoms with Gasteiger partial charge in [0.1, 0.15) is 0 Å². The first kappa shape index (κ1) is 17.0. The fourth-order valence-corrected chi connectivity index (χ4v) is 1.77. The van der Waals surface area contributed by atoms with Crippen molar-refractivity contribution in [3.8, 4) is 0 Å². The Bertz CT molecular complexity index is 521. The van der Waals surface area contributed by atoms with Gasteiger partial charge in [-0.3, -0.25) is 9.59 Å². The third-order valence-corrected chi connectivity index (χ3v) is 2.74. The lowest BCUT2D eigenvalue weighted by Crippen LogP contribution is -2.38. The zero-order valence-electron chi connectivity index (χ0n) is 11.8. The predicted molar refractivity (Wildman–Crippen MR) is 73.5 cm³/mol. The molecule has 1 aromatic rings. The molecule has 1 aromatic carbocycles. The summed E-state index contributed by atoms with van der Waals surface area (Å²) in [4.78, 5) is 23.1. The van der Waals surface area contributed by atoms with E-state index in [9.17, 15) is 23.5 Å². The van der Waals surface area contributed by atoms with E-state index in [0.29, 0.717) is 6.42 Å². The number of aliphatic hydroxyl groups excluding tert-OH is 1. The van der Waals surface area contributed by atoms with Gasteiger partial charge < -0.3 is 15.7 Å². The zero-order valence-corrected chi connectivity index (χ0v) is 11.8. The van der Waals surface area contributed by atoms with Gasteiger partial charge in [-0.25, -0.2) is 8.78 Å². The molecule has 1 rings (SSSR count). The number of rotatable bonds is 5. The quantitative estimate of drug-likeness (QED) is 0.720. The molecular weight excluding hydrogens is 282 g/mol. The maximum Gasteiger partial charge on any atom is 0.313 e. The van der Waals surface area contributed by atoms with Gasteiger partial charge in [0.05, 0.1) is 6.10 Å². The van der Waals surface area contributed by atoms with Crippen LogP contribution in [0.4, 0.5) is 14.5 Å².